The van der Waals surface area contributed by atoms with Crippen LogP contribution in [0.5, 0.6) is 0 Å². The first-order chi connectivity index (χ1) is 19.2. The largest absolute Gasteiger partial charge is 0.378 e. The smallest absolute Gasteiger partial charge is 0.308 e. The van der Waals surface area contributed by atoms with Crippen molar-refractivity contribution in [3.63, 3.8) is 0 Å². The zero-order valence-corrected chi connectivity index (χ0v) is 23.1. The fourth-order valence-electron chi connectivity index (χ4n) is 5.31. The highest BCUT2D eigenvalue weighted by molar-refractivity contribution is 8.00. The number of amides is 3. The number of hydrogen-bond acceptors (Lipinski definition) is 9. The van der Waals surface area contributed by atoms with E-state index in [1.54, 1.807) is 29.2 Å². The zero-order valence-electron chi connectivity index (χ0n) is 20.7. The lowest BCUT2D eigenvalue weighted by Crippen LogP contribution is -2.43. The van der Waals surface area contributed by atoms with E-state index >= 15 is 0 Å². The Morgan fingerprint density at radius 1 is 1.02 bits per heavy atom. The Balaban J connectivity index is 1.41. The first kappa shape index (κ1) is 26.7. The molecule has 1 aromatic heterocycles. The van der Waals surface area contributed by atoms with Crippen LogP contribution in [0.1, 0.15) is 16.4 Å². The second kappa shape index (κ2) is 10.5. The highest BCUT2D eigenvalue weighted by Gasteiger charge is 2.56. The van der Waals surface area contributed by atoms with Gasteiger partial charge in [-0.3, -0.25) is 33.9 Å². The van der Waals surface area contributed by atoms with Gasteiger partial charge in [0, 0.05) is 41.0 Å². The number of hydrogen-bond donors (Lipinski definition) is 0. The predicted octanol–water partition coefficient (Wildman–Crippen LogP) is 3.13. The number of anilines is 1. The van der Waals surface area contributed by atoms with Crippen LogP contribution in [0.25, 0.3) is 0 Å². The van der Waals surface area contributed by atoms with E-state index in [0.717, 1.165) is 28.0 Å². The number of morpholine rings is 1. The third-order valence-electron chi connectivity index (χ3n) is 7.25. The minimum atomic E-state index is -0.866. The summed E-state index contributed by atoms with van der Waals surface area (Å²) in [7, 11) is 0. The molecular formula is C26H21ClN4O7S2. The van der Waals surface area contributed by atoms with Crippen molar-refractivity contribution < 1.29 is 24.0 Å². The van der Waals surface area contributed by atoms with Crippen LogP contribution < -0.4 is 9.77 Å². The number of halogens is 1. The van der Waals surface area contributed by atoms with Crippen LogP contribution >= 0.6 is 34.7 Å². The molecule has 3 aliphatic heterocycles. The normalized spacial score (nSPS) is 22.3. The van der Waals surface area contributed by atoms with Gasteiger partial charge in [-0.05, 0) is 29.8 Å². The molecule has 11 nitrogen and oxygen atoms in total. The minimum absolute atomic E-state index is 0.162. The van der Waals surface area contributed by atoms with Crippen molar-refractivity contribution in [2.75, 3.05) is 31.2 Å². The van der Waals surface area contributed by atoms with Crippen LogP contribution in [-0.2, 0) is 25.7 Å². The second-order valence-electron chi connectivity index (χ2n) is 9.50. The van der Waals surface area contributed by atoms with Gasteiger partial charge in [0.2, 0.25) is 17.7 Å². The molecular weight excluding hydrogens is 580 g/mol. The molecule has 2 fully saturated rings. The van der Waals surface area contributed by atoms with Gasteiger partial charge < -0.3 is 9.64 Å². The van der Waals surface area contributed by atoms with Crippen LogP contribution in [0.4, 0.5) is 11.4 Å². The van der Waals surface area contributed by atoms with Gasteiger partial charge in [0.25, 0.3) is 5.69 Å². The lowest BCUT2D eigenvalue weighted by molar-refractivity contribution is -0.384. The number of rotatable bonds is 5. The molecule has 0 saturated carbocycles. The first-order valence-electron chi connectivity index (χ1n) is 12.4. The van der Waals surface area contributed by atoms with Crippen molar-refractivity contribution in [3.05, 3.63) is 83.8 Å². The van der Waals surface area contributed by atoms with Crippen molar-refractivity contribution in [1.29, 1.82) is 0 Å². The number of benzene rings is 2. The Labute approximate surface area is 240 Å². The van der Waals surface area contributed by atoms with E-state index in [1.807, 2.05) is 0 Å². The molecule has 206 valence electrons. The van der Waals surface area contributed by atoms with Crippen molar-refractivity contribution in [1.82, 2.24) is 9.47 Å². The van der Waals surface area contributed by atoms with Crippen molar-refractivity contribution in [2.24, 2.45) is 5.92 Å². The highest BCUT2D eigenvalue weighted by atomic mass is 35.5. The lowest BCUT2D eigenvalue weighted by atomic mass is 9.83. The minimum Gasteiger partial charge on any atom is -0.378 e. The highest BCUT2D eigenvalue weighted by Crippen LogP contribution is 2.54. The number of imide groups is 1. The molecule has 0 radical (unpaired) electrons. The third-order valence-corrected chi connectivity index (χ3v) is 10.1. The maximum Gasteiger partial charge on any atom is 0.308 e. The lowest BCUT2D eigenvalue weighted by Gasteiger charge is -2.31. The Morgan fingerprint density at radius 3 is 2.35 bits per heavy atom. The summed E-state index contributed by atoms with van der Waals surface area (Å²) in [6, 6.07) is 12.1. The average molecular weight is 601 g/mol. The Bertz CT molecular complexity index is 1580. The number of ether oxygens (including phenoxy) is 1. The Hall–Kier alpha value is -3.52. The van der Waals surface area contributed by atoms with Gasteiger partial charge in [-0.2, -0.15) is 0 Å². The first-order valence-corrected chi connectivity index (χ1v) is 14.5. The molecule has 4 heterocycles. The van der Waals surface area contributed by atoms with Gasteiger partial charge >= 0.3 is 4.87 Å². The van der Waals surface area contributed by atoms with E-state index in [0.29, 0.717) is 46.8 Å². The van der Waals surface area contributed by atoms with Crippen molar-refractivity contribution in [2.45, 2.75) is 22.7 Å². The van der Waals surface area contributed by atoms with E-state index in [-0.39, 0.29) is 28.7 Å². The standard InChI is InChI=1S/C26H21ClN4O7S2/c27-15-3-1-14(2-4-15)19-20-21(24(34)30(23(20)33)16-5-7-17(8-6-16)31(36)37)39-25-22(19)40-26(35)29(25)13-18(32)28-9-11-38-12-10-28/h1-8,19-21H,9-13H2/t19-,20?,21?/m0/s1. The number of thioether (sulfide) groups is 1. The quantitative estimate of drug-likeness (QED) is 0.248. The Kier molecular flexibility index (Phi) is 6.98. The number of thiazole rings is 1. The van der Waals surface area contributed by atoms with Gasteiger partial charge in [0.1, 0.15) is 11.8 Å². The molecule has 6 rings (SSSR count). The monoisotopic (exact) mass is 600 g/mol. The number of fused-ring (bicyclic) bond motifs is 2. The van der Waals surface area contributed by atoms with E-state index in [9.17, 15) is 29.3 Å². The molecule has 2 saturated heterocycles. The molecule has 2 aromatic carbocycles. The summed E-state index contributed by atoms with van der Waals surface area (Å²) in [6.07, 6.45) is 0. The number of aromatic nitrogens is 1. The SMILES string of the molecule is O=C(Cn1c2c(sc1=O)[C@@H](c1ccc(Cl)cc1)C1C(=O)N(c3ccc([N+](=O)[O-])cc3)C(=O)C1S2)N1CCOCC1. The molecule has 2 unspecified atom stereocenters. The number of nitro groups is 1. The Morgan fingerprint density at radius 2 is 1.70 bits per heavy atom. The van der Waals surface area contributed by atoms with Crippen LogP contribution in [0.2, 0.25) is 5.02 Å². The maximum atomic E-state index is 13.9. The second-order valence-corrected chi connectivity index (χ2v) is 12.1. The predicted molar refractivity (Wildman–Crippen MR) is 148 cm³/mol. The van der Waals surface area contributed by atoms with Crippen molar-refractivity contribution in [3.8, 4) is 0 Å². The zero-order chi connectivity index (χ0) is 28.1. The summed E-state index contributed by atoms with van der Waals surface area (Å²) < 4.78 is 6.72. The number of carbonyl (C=O) groups excluding carboxylic acids is 3. The fourth-order valence-corrected chi connectivity index (χ4v) is 8.21. The molecule has 40 heavy (non-hydrogen) atoms. The molecule has 0 aliphatic carbocycles. The van der Waals surface area contributed by atoms with Crippen LogP contribution in [0.3, 0.4) is 0 Å². The molecule has 3 aliphatic rings. The summed E-state index contributed by atoms with van der Waals surface area (Å²) in [4.78, 5) is 67.5. The summed E-state index contributed by atoms with van der Waals surface area (Å²) in [6.45, 7) is 1.53. The molecule has 0 bridgehead atoms. The van der Waals surface area contributed by atoms with E-state index in [1.165, 1.54) is 28.8 Å². The van der Waals surface area contributed by atoms with Crippen LogP contribution in [-0.4, -0.2) is 63.7 Å². The van der Waals surface area contributed by atoms with E-state index < -0.39 is 33.8 Å². The number of non-ortho nitro benzene ring substituents is 1. The topological polar surface area (TPSA) is 132 Å². The van der Waals surface area contributed by atoms with Gasteiger partial charge in [0.05, 0.1) is 34.8 Å². The molecule has 3 atom stereocenters. The summed E-state index contributed by atoms with van der Waals surface area (Å²) in [5, 5.41) is 11.2. The number of carbonyl (C=O) groups is 3. The fraction of sp³-hybridized carbons (Fsp3) is 0.308. The summed E-state index contributed by atoms with van der Waals surface area (Å²) in [5.74, 6) is -2.63. The van der Waals surface area contributed by atoms with E-state index in [4.69, 9.17) is 16.3 Å². The van der Waals surface area contributed by atoms with Crippen molar-refractivity contribution >= 4 is 63.8 Å². The van der Waals surface area contributed by atoms with Gasteiger partial charge in [0.15, 0.2) is 0 Å². The van der Waals surface area contributed by atoms with E-state index in [2.05, 4.69) is 0 Å². The van der Waals surface area contributed by atoms with Gasteiger partial charge in [-0.15, -0.1) is 0 Å². The van der Waals surface area contributed by atoms with Gasteiger partial charge in [-0.1, -0.05) is 46.8 Å². The molecule has 0 N–H and O–H groups in total. The summed E-state index contributed by atoms with van der Waals surface area (Å²) >= 11 is 8.21. The molecule has 14 heteroatoms. The number of nitro benzene ring substituents is 1. The molecule has 3 amide bonds. The molecule has 3 aromatic rings. The average Bonchev–Trinajstić information content (AvgIpc) is 3.40. The van der Waals surface area contributed by atoms with Crippen LogP contribution in [0.15, 0.2) is 58.4 Å². The van der Waals surface area contributed by atoms with Crippen LogP contribution in [0, 0.1) is 16.0 Å². The van der Waals surface area contributed by atoms with Gasteiger partial charge in [-0.25, -0.2) is 4.90 Å². The third kappa shape index (κ3) is 4.52. The molecule has 0 spiro atoms. The summed E-state index contributed by atoms with van der Waals surface area (Å²) in [5.41, 5.74) is 0.777. The maximum absolute atomic E-state index is 13.9. The number of nitrogens with zero attached hydrogens (tertiary/aromatic N) is 4.